The molecule has 0 fully saturated rings. The molecule has 2 aromatic heterocycles. The Bertz CT molecular complexity index is 1170. The molecular weight excluding hydrogens is 420 g/mol. The molecule has 6 nitrogen and oxygen atoms in total. The highest BCUT2D eigenvalue weighted by molar-refractivity contribution is 9.10. The second-order valence-corrected chi connectivity index (χ2v) is 7.17. The fraction of sp³-hybridized carbons (Fsp3) is 0.0952. The summed E-state index contributed by atoms with van der Waals surface area (Å²) in [5, 5.41) is 4.41. The highest BCUT2D eigenvalue weighted by Gasteiger charge is 2.18. The first-order chi connectivity index (χ1) is 13.8. The minimum absolute atomic E-state index is 0.246. The van der Waals surface area contributed by atoms with Crippen molar-refractivity contribution in [2.24, 2.45) is 0 Å². The molecule has 1 aliphatic rings. The standard InChI is InChI=1S/C21H15BrN4O2/c22-16-8-13(9-18-19(16)28-12-27-18)10-24-21-15-5-1-2-6-17(15)25-20(26-21)14-4-3-7-23-11-14/h1-9,11H,10,12H2,(H,24,25,26). The number of halogens is 1. The summed E-state index contributed by atoms with van der Waals surface area (Å²) in [6, 6.07) is 15.8. The topological polar surface area (TPSA) is 69.2 Å². The van der Waals surface area contributed by atoms with Crippen molar-refractivity contribution in [2.45, 2.75) is 6.54 Å². The summed E-state index contributed by atoms with van der Waals surface area (Å²) in [4.78, 5) is 13.6. The van der Waals surface area contributed by atoms with Crippen LogP contribution in [-0.2, 0) is 6.54 Å². The van der Waals surface area contributed by atoms with E-state index >= 15 is 0 Å². The van der Waals surface area contributed by atoms with E-state index in [-0.39, 0.29) is 6.79 Å². The van der Waals surface area contributed by atoms with Crippen LogP contribution in [0.15, 0.2) is 65.4 Å². The first-order valence-electron chi connectivity index (χ1n) is 8.77. The van der Waals surface area contributed by atoms with E-state index in [1.165, 1.54) is 0 Å². The summed E-state index contributed by atoms with van der Waals surface area (Å²) in [6.07, 6.45) is 3.50. The van der Waals surface area contributed by atoms with Crippen molar-refractivity contribution in [1.82, 2.24) is 15.0 Å². The van der Waals surface area contributed by atoms with Crippen molar-refractivity contribution in [3.05, 3.63) is 71.0 Å². The Morgan fingerprint density at radius 2 is 1.96 bits per heavy atom. The first-order valence-corrected chi connectivity index (χ1v) is 9.56. The number of ether oxygens (including phenoxy) is 2. The lowest BCUT2D eigenvalue weighted by Crippen LogP contribution is -2.04. The average Bonchev–Trinajstić information content (AvgIpc) is 3.22. The van der Waals surface area contributed by atoms with Crippen molar-refractivity contribution in [3.8, 4) is 22.9 Å². The average molecular weight is 435 g/mol. The Labute approximate surface area is 169 Å². The quantitative estimate of drug-likeness (QED) is 0.497. The van der Waals surface area contributed by atoms with Gasteiger partial charge in [-0.25, -0.2) is 9.97 Å². The molecule has 138 valence electrons. The van der Waals surface area contributed by atoms with Crippen LogP contribution in [0.5, 0.6) is 11.5 Å². The summed E-state index contributed by atoms with van der Waals surface area (Å²) in [6.45, 7) is 0.832. The summed E-state index contributed by atoms with van der Waals surface area (Å²) in [7, 11) is 0. The summed E-state index contributed by atoms with van der Waals surface area (Å²) < 4.78 is 11.8. The summed E-state index contributed by atoms with van der Waals surface area (Å²) >= 11 is 3.54. The number of hydrogen-bond acceptors (Lipinski definition) is 6. The van der Waals surface area contributed by atoms with Gasteiger partial charge in [0.1, 0.15) is 5.82 Å². The third-order valence-electron chi connectivity index (χ3n) is 4.47. The zero-order valence-electron chi connectivity index (χ0n) is 14.7. The van der Waals surface area contributed by atoms with Crippen LogP contribution in [-0.4, -0.2) is 21.7 Å². The van der Waals surface area contributed by atoms with Crippen LogP contribution < -0.4 is 14.8 Å². The summed E-state index contributed by atoms with van der Waals surface area (Å²) in [5.41, 5.74) is 2.81. The lowest BCUT2D eigenvalue weighted by atomic mass is 10.2. The number of benzene rings is 2. The Balaban J connectivity index is 1.51. The molecule has 0 saturated heterocycles. The molecule has 0 aliphatic carbocycles. The molecule has 5 rings (SSSR count). The zero-order valence-corrected chi connectivity index (χ0v) is 16.3. The highest BCUT2D eigenvalue weighted by atomic mass is 79.9. The largest absolute Gasteiger partial charge is 0.454 e. The van der Waals surface area contributed by atoms with Gasteiger partial charge in [-0.2, -0.15) is 0 Å². The fourth-order valence-electron chi connectivity index (χ4n) is 3.14. The van der Waals surface area contributed by atoms with Gasteiger partial charge in [-0.3, -0.25) is 4.98 Å². The van der Waals surface area contributed by atoms with Crippen molar-refractivity contribution < 1.29 is 9.47 Å². The van der Waals surface area contributed by atoms with Gasteiger partial charge in [0.25, 0.3) is 0 Å². The number of anilines is 1. The zero-order chi connectivity index (χ0) is 18.9. The fourth-order valence-corrected chi connectivity index (χ4v) is 3.75. The highest BCUT2D eigenvalue weighted by Crippen LogP contribution is 2.40. The minimum Gasteiger partial charge on any atom is -0.454 e. The molecule has 0 atom stereocenters. The number of aromatic nitrogens is 3. The van der Waals surface area contributed by atoms with Crippen LogP contribution >= 0.6 is 15.9 Å². The van der Waals surface area contributed by atoms with Gasteiger partial charge in [0.2, 0.25) is 6.79 Å². The van der Waals surface area contributed by atoms with Crippen LogP contribution in [0.4, 0.5) is 5.82 Å². The van der Waals surface area contributed by atoms with Crippen LogP contribution in [0.3, 0.4) is 0 Å². The predicted molar refractivity (Wildman–Crippen MR) is 110 cm³/mol. The van der Waals surface area contributed by atoms with Gasteiger partial charge in [-0.15, -0.1) is 0 Å². The first kappa shape index (κ1) is 16.9. The maximum absolute atomic E-state index is 5.51. The minimum atomic E-state index is 0.246. The second kappa shape index (κ2) is 7.09. The molecule has 0 spiro atoms. The van der Waals surface area contributed by atoms with Crippen LogP contribution in [0, 0.1) is 0 Å². The molecule has 0 saturated carbocycles. The second-order valence-electron chi connectivity index (χ2n) is 6.32. The molecule has 28 heavy (non-hydrogen) atoms. The Kier molecular flexibility index (Phi) is 4.29. The molecule has 1 N–H and O–H groups in total. The maximum atomic E-state index is 5.51. The molecule has 2 aromatic carbocycles. The van der Waals surface area contributed by atoms with E-state index < -0.39 is 0 Å². The Hall–Kier alpha value is -3.19. The van der Waals surface area contributed by atoms with Crippen molar-refractivity contribution in [3.63, 3.8) is 0 Å². The SMILES string of the molecule is Brc1cc(CNc2nc(-c3cccnc3)nc3ccccc23)cc2c1OCO2. The van der Waals surface area contributed by atoms with Gasteiger partial charge < -0.3 is 14.8 Å². The van der Waals surface area contributed by atoms with Crippen molar-refractivity contribution in [2.75, 3.05) is 12.1 Å². The Morgan fingerprint density at radius 1 is 1.04 bits per heavy atom. The number of para-hydroxylation sites is 1. The number of pyridine rings is 1. The predicted octanol–water partition coefficient (Wildman–Crippen LogP) is 4.80. The molecule has 7 heteroatoms. The molecule has 0 unspecified atom stereocenters. The van der Waals surface area contributed by atoms with Gasteiger partial charge in [0.05, 0.1) is 9.99 Å². The van der Waals surface area contributed by atoms with Gasteiger partial charge in [0.15, 0.2) is 17.3 Å². The van der Waals surface area contributed by atoms with Gasteiger partial charge in [0, 0.05) is 29.9 Å². The van der Waals surface area contributed by atoms with Crippen LogP contribution in [0.25, 0.3) is 22.3 Å². The molecule has 4 aromatic rings. The molecule has 0 radical (unpaired) electrons. The number of rotatable bonds is 4. The number of fused-ring (bicyclic) bond motifs is 2. The maximum Gasteiger partial charge on any atom is 0.231 e. The number of nitrogens with zero attached hydrogens (tertiary/aromatic N) is 3. The lowest BCUT2D eigenvalue weighted by molar-refractivity contribution is 0.173. The normalized spacial score (nSPS) is 12.3. The van der Waals surface area contributed by atoms with E-state index in [2.05, 4.69) is 31.2 Å². The van der Waals surface area contributed by atoms with Crippen molar-refractivity contribution in [1.29, 1.82) is 0 Å². The van der Waals surface area contributed by atoms with E-state index in [9.17, 15) is 0 Å². The van der Waals surface area contributed by atoms with E-state index in [0.29, 0.717) is 12.4 Å². The smallest absolute Gasteiger partial charge is 0.231 e. The molecular formula is C21H15BrN4O2. The third kappa shape index (κ3) is 3.14. The molecule has 3 heterocycles. The van der Waals surface area contributed by atoms with E-state index in [0.717, 1.165) is 43.8 Å². The van der Waals surface area contributed by atoms with E-state index in [1.807, 2.05) is 48.5 Å². The van der Waals surface area contributed by atoms with E-state index in [1.54, 1.807) is 12.4 Å². The lowest BCUT2D eigenvalue weighted by Gasteiger charge is -2.12. The Morgan fingerprint density at radius 3 is 2.86 bits per heavy atom. The van der Waals surface area contributed by atoms with Gasteiger partial charge in [-0.05, 0) is 57.9 Å². The monoisotopic (exact) mass is 434 g/mol. The number of nitrogens with one attached hydrogen (secondary N) is 1. The summed E-state index contributed by atoms with van der Waals surface area (Å²) in [5.74, 6) is 2.91. The van der Waals surface area contributed by atoms with Gasteiger partial charge in [-0.1, -0.05) is 12.1 Å². The van der Waals surface area contributed by atoms with Crippen LogP contribution in [0.2, 0.25) is 0 Å². The number of hydrogen-bond donors (Lipinski definition) is 1. The molecule has 0 amide bonds. The third-order valence-corrected chi connectivity index (χ3v) is 5.06. The van der Waals surface area contributed by atoms with Gasteiger partial charge >= 0.3 is 0 Å². The molecule has 0 bridgehead atoms. The van der Waals surface area contributed by atoms with Crippen molar-refractivity contribution >= 4 is 32.7 Å². The van der Waals surface area contributed by atoms with Crippen LogP contribution in [0.1, 0.15) is 5.56 Å². The van der Waals surface area contributed by atoms with E-state index in [4.69, 9.17) is 14.5 Å². The molecule has 1 aliphatic heterocycles.